The molecular formula is C11H19N5NaO13P3. The zero-order chi connectivity index (χ0) is 24.3. The number of azide groups is 1. The monoisotopic (exact) mass is 545 g/mol. The van der Waals surface area contributed by atoms with E-state index in [0.717, 1.165) is 0 Å². The molecule has 2 fully saturated rings. The van der Waals surface area contributed by atoms with Crippen LogP contribution in [0.15, 0.2) is 5.11 Å². The SMILES string of the molecule is CC1CN([C@H]2C[C@H](N=[N+]=[N-])[C@@H](COCP(=O)(O)OP(=O)(O)OP(=O)([O-])O)O2)C(=O)NC1=O.[Na+]. The molecule has 0 radical (unpaired) electrons. The maximum Gasteiger partial charge on any atom is 1.00 e. The molecule has 4 unspecified atom stereocenters. The number of ether oxygens (including phenoxy) is 2. The average Bonchev–Trinajstić information content (AvgIpc) is 2.97. The summed E-state index contributed by atoms with van der Waals surface area (Å²) in [5.74, 6) is -0.990. The quantitative estimate of drug-likeness (QED) is 0.0690. The maximum atomic E-state index is 12.1. The Morgan fingerprint density at radius 3 is 2.52 bits per heavy atom. The van der Waals surface area contributed by atoms with Crippen LogP contribution in [-0.4, -0.2) is 69.4 Å². The molecule has 33 heavy (non-hydrogen) atoms. The minimum absolute atomic E-state index is 0. The van der Waals surface area contributed by atoms with E-state index in [9.17, 15) is 33.1 Å². The van der Waals surface area contributed by atoms with Crippen molar-refractivity contribution < 1.29 is 90.5 Å². The molecule has 2 heterocycles. The van der Waals surface area contributed by atoms with Gasteiger partial charge in [0.25, 0.3) is 7.82 Å². The number of phosphoric acid groups is 2. The number of rotatable bonds is 10. The van der Waals surface area contributed by atoms with Crippen LogP contribution in [0, 0.1) is 5.92 Å². The Kier molecular flexibility index (Phi) is 11.2. The first-order chi connectivity index (χ1) is 14.6. The largest absolute Gasteiger partial charge is 1.00 e. The maximum absolute atomic E-state index is 12.1. The molecule has 0 aromatic rings. The summed E-state index contributed by atoms with van der Waals surface area (Å²) in [5.41, 5.74) is 8.72. The summed E-state index contributed by atoms with van der Waals surface area (Å²) in [6.45, 7) is 1.11. The Balaban J connectivity index is 0.00000544. The van der Waals surface area contributed by atoms with Gasteiger partial charge in [0.05, 0.1) is 24.7 Å². The summed E-state index contributed by atoms with van der Waals surface area (Å²) in [6.07, 6.45) is -3.14. The van der Waals surface area contributed by atoms with Crippen molar-refractivity contribution in [3.05, 3.63) is 10.4 Å². The summed E-state index contributed by atoms with van der Waals surface area (Å²) in [5, 5.41) is 5.66. The third kappa shape index (κ3) is 9.65. The molecule has 2 aliphatic heterocycles. The molecule has 0 spiro atoms. The fraction of sp³-hybridized carbons (Fsp3) is 0.818. The second-order valence-corrected chi connectivity index (χ2v) is 11.4. The van der Waals surface area contributed by atoms with Crippen molar-refractivity contribution in [3.63, 3.8) is 0 Å². The minimum Gasteiger partial charge on any atom is -0.756 e. The van der Waals surface area contributed by atoms with Crippen molar-refractivity contribution in [2.24, 2.45) is 11.0 Å². The van der Waals surface area contributed by atoms with E-state index in [4.69, 9.17) is 24.8 Å². The smallest absolute Gasteiger partial charge is 0.756 e. The van der Waals surface area contributed by atoms with Crippen molar-refractivity contribution in [2.75, 3.05) is 19.5 Å². The van der Waals surface area contributed by atoms with Gasteiger partial charge in [-0.1, -0.05) is 12.0 Å². The van der Waals surface area contributed by atoms with Crippen LogP contribution >= 0.6 is 23.2 Å². The van der Waals surface area contributed by atoms with Gasteiger partial charge in [-0.2, -0.15) is 0 Å². The van der Waals surface area contributed by atoms with E-state index < -0.39 is 72.4 Å². The number of nitrogens with one attached hydrogen (secondary N) is 1. The summed E-state index contributed by atoms with van der Waals surface area (Å²) in [4.78, 5) is 65.0. The van der Waals surface area contributed by atoms with Crippen LogP contribution in [0.1, 0.15) is 13.3 Å². The van der Waals surface area contributed by atoms with Gasteiger partial charge in [0.15, 0.2) is 0 Å². The van der Waals surface area contributed by atoms with E-state index in [-0.39, 0.29) is 42.5 Å². The first kappa shape index (κ1) is 30.7. The molecule has 2 saturated heterocycles. The van der Waals surface area contributed by atoms with Gasteiger partial charge in [0.2, 0.25) is 5.91 Å². The third-order valence-electron chi connectivity index (χ3n) is 4.13. The second kappa shape index (κ2) is 12.0. The number of hydrogen-bond acceptors (Lipinski definition) is 11. The van der Waals surface area contributed by atoms with Gasteiger partial charge in [-0.05, 0) is 5.53 Å². The molecule has 182 valence electrons. The first-order valence-corrected chi connectivity index (χ1v) is 13.4. The molecule has 0 aromatic heterocycles. The van der Waals surface area contributed by atoms with E-state index in [2.05, 4.69) is 24.0 Å². The number of carbonyl (C=O) groups excluding carboxylic acids is 2. The number of imide groups is 1. The Morgan fingerprint density at radius 2 is 1.94 bits per heavy atom. The van der Waals surface area contributed by atoms with E-state index in [1.54, 1.807) is 6.92 Å². The van der Waals surface area contributed by atoms with Crippen LogP contribution in [0.2, 0.25) is 0 Å². The number of urea groups is 1. The van der Waals surface area contributed by atoms with Gasteiger partial charge in [0.1, 0.15) is 12.6 Å². The molecule has 3 amide bonds. The Bertz CT molecular complexity index is 941. The fourth-order valence-corrected chi connectivity index (χ4v) is 6.11. The van der Waals surface area contributed by atoms with Gasteiger partial charge < -0.3 is 29.0 Å². The first-order valence-electron chi connectivity index (χ1n) is 8.62. The average molecular weight is 545 g/mol. The summed E-state index contributed by atoms with van der Waals surface area (Å²) in [6, 6.07) is -1.59. The second-order valence-electron chi connectivity index (χ2n) is 6.72. The van der Waals surface area contributed by atoms with Crippen LogP contribution < -0.4 is 39.8 Å². The molecular weight excluding hydrogens is 526 g/mol. The molecule has 18 nitrogen and oxygen atoms in total. The van der Waals surface area contributed by atoms with Gasteiger partial charge >= 0.3 is 51.0 Å². The van der Waals surface area contributed by atoms with Crippen molar-refractivity contribution in [1.29, 1.82) is 0 Å². The summed E-state index contributed by atoms with van der Waals surface area (Å²) in [7, 11) is -16.5. The molecule has 2 aliphatic rings. The Morgan fingerprint density at radius 1 is 1.30 bits per heavy atom. The number of hydrogen-bond donors (Lipinski definition) is 4. The predicted octanol–water partition coefficient (Wildman–Crippen LogP) is -3.27. The molecule has 0 bridgehead atoms. The van der Waals surface area contributed by atoms with Crippen molar-refractivity contribution in [2.45, 2.75) is 31.7 Å². The van der Waals surface area contributed by atoms with E-state index in [0.29, 0.717) is 0 Å². The van der Waals surface area contributed by atoms with Crippen LogP contribution in [0.4, 0.5) is 4.79 Å². The molecule has 4 N–H and O–H groups in total. The van der Waals surface area contributed by atoms with Gasteiger partial charge in [-0.25, -0.2) is 18.0 Å². The molecule has 0 saturated carbocycles. The normalized spacial score (nSPS) is 30.8. The van der Waals surface area contributed by atoms with Gasteiger partial charge in [0, 0.05) is 17.9 Å². The zero-order valence-electron chi connectivity index (χ0n) is 17.2. The van der Waals surface area contributed by atoms with Crippen LogP contribution in [0.3, 0.4) is 0 Å². The number of carbonyl (C=O) groups is 2. The fourth-order valence-electron chi connectivity index (χ4n) is 2.87. The minimum atomic E-state index is -5.75. The molecule has 2 rings (SSSR count). The predicted molar refractivity (Wildman–Crippen MR) is 98.1 cm³/mol. The van der Waals surface area contributed by atoms with Crippen molar-refractivity contribution >= 4 is 35.2 Å². The number of amides is 3. The van der Waals surface area contributed by atoms with Crippen molar-refractivity contribution in [1.82, 2.24) is 10.2 Å². The van der Waals surface area contributed by atoms with Gasteiger partial charge in [-0.15, -0.1) is 0 Å². The molecule has 7 atom stereocenters. The third-order valence-corrected chi connectivity index (χ3v) is 8.14. The van der Waals surface area contributed by atoms with E-state index >= 15 is 0 Å². The van der Waals surface area contributed by atoms with Crippen LogP contribution in [0.25, 0.3) is 10.4 Å². The standard InChI is InChI=1S/C11H20N5O13P3.Na/c1-6-3-16(11(18)13-10(6)17)9-2-7(14-15-12)8(27-9)4-26-5-30(19,20)28-32(24,25)29-31(21,22)23;/h6-9H,2-5H2,1H3,(H,19,20)(H,24,25)(H,13,17,18)(H2,21,22,23);/q;+1/p-1/t6?,7-,8+,9+;/m0./s1. The van der Waals surface area contributed by atoms with E-state index in [1.165, 1.54) is 4.90 Å². The van der Waals surface area contributed by atoms with E-state index in [1.807, 2.05) is 0 Å². The molecule has 0 aliphatic carbocycles. The Labute approximate surface area is 208 Å². The Hall–Kier alpha value is -0.380. The molecule has 0 aromatic carbocycles. The molecule has 22 heteroatoms. The van der Waals surface area contributed by atoms with Gasteiger partial charge in [-0.3, -0.25) is 24.1 Å². The van der Waals surface area contributed by atoms with Crippen LogP contribution in [0.5, 0.6) is 0 Å². The topological polar surface area (TPSA) is 270 Å². The van der Waals surface area contributed by atoms with Crippen LogP contribution in [-0.2, 0) is 36.6 Å². The zero-order valence-corrected chi connectivity index (χ0v) is 21.9. The summed E-state index contributed by atoms with van der Waals surface area (Å²) >= 11 is 0. The van der Waals surface area contributed by atoms with Crippen molar-refractivity contribution in [3.8, 4) is 0 Å². The summed E-state index contributed by atoms with van der Waals surface area (Å²) < 4.78 is 51.3. The number of nitrogens with zero attached hydrogens (tertiary/aromatic N) is 4.